The zero-order chi connectivity index (χ0) is 24.2. The summed E-state index contributed by atoms with van der Waals surface area (Å²) >= 11 is 7.73. The van der Waals surface area contributed by atoms with Gasteiger partial charge in [-0.25, -0.2) is 0 Å². The molecule has 3 aromatic carbocycles. The lowest BCUT2D eigenvalue weighted by Crippen LogP contribution is -2.09. The van der Waals surface area contributed by atoms with Crippen molar-refractivity contribution in [1.29, 1.82) is 0 Å². The van der Waals surface area contributed by atoms with Crippen LogP contribution in [0.3, 0.4) is 0 Å². The average molecular weight is 492 g/mol. The van der Waals surface area contributed by atoms with E-state index in [4.69, 9.17) is 20.8 Å². The Morgan fingerprint density at radius 1 is 1.15 bits per heavy atom. The summed E-state index contributed by atoms with van der Waals surface area (Å²) in [5.74, 6) is 0.526. The number of thioether (sulfide) groups is 1. The molecule has 0 unspecified atom stereocenters. The molecule has 0 aliphatic heterocycles. The largest absolute Gasteiger partial charge is 0.493 e. The molecular weight excluding hydrogens is 466 g/mol. The van der Waals surface area contributed by atoms with Crippen LogP contribution < -0.4 is 10.1 Å². The monoisotopic (exact) mass is 491 g/mol. The number of ether oxygens (including phenoxy) is 1. The number of aryl methyl sites for hydroxylation is 1. The van der Waals surface area contributed by atoms with Crippen LogP contribution >= 0.6 is 23.4 Å². The maximum atomic E-state index is 12.8. The molecule has 0 saturated heterocycles. The van der Waals surface area contributed by atoms with Gasteiger partial charge in [0.1, 0.15) is 11.3 Å². The fourth-order valence-corrected chi connectivity index (χ4v) is 4.45. The number of amides is 1. The van der Waals surface area contributed by atoms with Crippen molar-refractivity contribution in [3.63, 3.8) is 0 Å². The Balaban J connectivity index is 1.74. The van der Waals surface area contributed by atoms with E-state index in [1.807, 2.05) is 81.6 Å². The van der Waals surface area contributed by atoms with Gasteiger partial charge in [0.2, 0.25) is 5.91 Å². The number of carbonyl (C=O) groups excluding carboxylic acids is 1. The molecule has 0 bridgehead atoms. The highest BCUT2D eigenvalue weighted by atomic mass is 35.5. The first-order valence-corrected chi connectivity index (χ1v) is 12.6. The number of rotatable bonds is 7. The van der Waals surface area contributed by atoms with Gasteiger partial charge in [0.25, 0.3) is 0 Å². The number of benzene rings is 3. The SMILES string of the molecule is CCOc1c(/C(C)=C/C(=O)Nc2ccc(SC)cc2)cc2c(-c3ccc(Cl)cc3)coc2c1C. The second-order valence-corrected chi connectivity index (χ2v) is 9.21. The van der Waals surface area contributed by atoms with Crippen LogP contribution in [0, 0.1) is 6.92 Å². The second-order valence-electron chi connectivity index (χ2n) is 7.89. The van der Waals surface area contributed by atoms with Gasteiger partial charge < -0.3 is 14.5 Å². The Hall–Kier alpha value is -3.15. The molecule has 0 radical (unpaired) electrons. The van der Waals surface area contributed by atoms with E-state index in [1.165, 1.54) is 0 Å². The van der Waals surface area contributed by atoms with Crippen LogP contribution in [0.2, 0.25) is 5.02 Å². The van der Waals surface area contributed by atoms with Gasteiger partial charge in [-0.15, -0.1) is 11.8 Å². The molecule has 0 aliphatic carbocycles. The maximum absolute atomic E-state index is 12.8. The summed E-state index contributed by atoms with van der Waals surface area (Å²) in [7, 11) is 0. The van der Waals surface area contributed by atoms with Crippen molar-refractivity contribution in [3.8, 4) is 16.9 Å². The van der Waals surface area contributed by atoms with Crippen molar-refractivity contribution in [2.75, 3.05) is 18.2 Å². The van der Waals surface area contributed by atoms with Crippen LogP contribution in [0.1, 0.15) is 25.0 Å². The van der Waals surface area contributed by atoms with Gasteiger partial charge >= 0.3 is 0 Å². The third-order valence-electron chi connectivity index (χ3n) is 5.62. The minimum Gasteiger partial charge on any atom is -0.493 e. The summed E-state index contributed by atoms with van der Waals surface area (Å²) in [6.07, 6.45) is 5.38. The molecule has 0 aliphatic rings. The summed E-state index contributed by atoms with van der Waals surface area (Å²) in [5.41, 5.74) is 6.05. The Bertz CT molecular complexity index is 1360. The zero-order valence-corrected chi connectivity index (χ0v) is 21.1. The van der Waals surface area contributed by atoms with Gasteiger partial charge in [0.05, 0.1) is 12.9 Å². The average Bonchev–Trinajstić information content (AvgIpc) is 3.26. The molecular formula is C28H26ClNO3S. The first-order valence-electron chi connectivity index (χ1n) is 11.0. The van der Waals surface area contributed by atoms with E-state index >= 15 is 0 Å². The zero-order valence-electron chi connectivity index (χ0n) is 19.6. The van der Waals surface area contributed by atoms with Crippen LogP contribution in [-0.2, 0) is 4.79 Å². The van der Waals surface area contributed by atoms with Gasteiger partial charge in [0, 0.05) is 43.8 Å². The number of anilines is 1. The van der Waals surface area contributed by atoms with Crippen LogP contribution in [-0.4, -0.2) is 18.8 Å². The Morgan fingerprint density at radius 3 is 2.50 bits per heavy atom. The summed E-state index contributed by atoms with van der Waals surface area (Å²) in [6, 6.07) is 17.5. The quantitative estimate of drug-likeness (QED) is 0.209. The topological polar surface area (TPSA) is 51.5 Å². The fraction of sp³-hybridized carbons (Fsp3) is 0.179. The second kappa shape index (κ2) is 10.4. The minimum atomic E-state index is -0.195. The number of halogens is 1. The minimum absolute atomic E-state index is 0.195. The first-order chi connectivity index (χ1) is 16.4. The van der Waals surface area contributed by atoms with Gasteiger partial charge in [-0.2, -0.15) is 0 Å². The van der Waals surface area contributed by atoms with Gasteiger partial charge in [0.15, 0.2) is 0 Å². The summed E-state index contributed by atoms with van der Waals surface area (Å²) in [5, 5.41) is 4.58. The number of carbonyl (C=O) groups is 1. The number of allylic oxidation sites excluding steroid dienone is 1. The van der Waals surface area contributed by atoms with E-state index in [0.29, 0.717) is 11.6 Å². The van der Waals surface area contributed by atoms with E-state index in [1.54, 1.807) is 24.1 Å². The van der Waals surface area contributed by atoms with E-state index < -0.39 is 0 Å². The summed E-state index contributed by atoms with van der Waals surface area (Å²) in [6.45, 7) is 6.35. The van der Waals surface area contributed by atoms with E-state index in [9.17, 15) is 4.79 Å². The van der Waals surface area contributed by atoms with Crippen LogP contribution in [0.15, 0.2) is 76.2 Å². The molecule has 0 spiro atoms. The highest BCUT2D eigenvalue weighted by Gasteiger charge is 2.19. The molecule has 0 fully saturated rings. The van der Waals surface area contributed by atoms with Crippen molar-refractivity contribution in [1.82, 2.24) is 0 Å². The lowest BCUT2D eigenvalue weighted by molar-refractivity contribution is -0.111. The van der Waals surface area contributed by atoms with Crippen LogP contribution in [0.5, 0.6) is 5.75 Å². The molecule has 1 heterocycles. The summed E-state index contributed by atoms with van der Waals surface area (Å²) < 4.78 is 12.0. The Kier molecular flexibility index (Phi) is 7.35. The summed E-state index contributed by atoms with van der Waals surface area (Å²) in [4.78, 5) is 13.9. The van der Waals surface area contributed by atoms with Crippen LogP contribution in [0.25, 0.3) is 27.7 Å². The van der Waals surface area contributed by atoms with Gasteiger partial charge in [-0.05, 0) is 80.6 Å². The van der Waals surface area contributed by atoms with Crippen molar-refractivity contribution in [2.24, 2.45) is 0 Å². The molecule has 6 heteroatoms. The van der Waals surface area contributed by atoms with Crippen molar-refractivity contribution >= 4 is 51.5 Å². The standard InChI is InChI=1S/C28H26ClNO3S/c1-5-32-27-18(3)28-24(25(16-33-28)19-6-8-20(29)9-7-19)15-23(27)17(2)14-26(31)30-21-10-12-22(34-4)13-11-21/h6-16H,5H2,1-4H3,(H,30,31)/b17-14+. The predicted octanol–water partition coefficient (Wildman–Crippen LogP) is 8.22. The van der Waals surface area contributed by atoms with E-state index in [0.717, 1.165) is 55.1 Å². The fourth-order valence-electron chi connectivity index (χ4n) is 3.92. The molecule has 4 rings (SSSR count). The third kappa shape index (κ3) is 5.01. The maximum Gasteiger partial charge on any atom is 0.248 e. The molecule has 1 N–H and O–H groups in total. The Morgan fingerprint density at radius 2 is 1.85 bits per heavy atom. The lowest BCUT2D eigenvalue weighted by Gasteiger charge is -2.15. The number of hydrogen-bond acceptors (Lipinski definition) is 4. The smallest absolute Gasteiger partial charge is 0.248 e. The van der Waals surface area contributed by atoms with Gasteiger partial charge in [-0.1, -0.05) is 23.7 Å². The molecule has 4 aromatic rings. The molecule has 174 valence electrons. The Labute approximate surface area is 209 Å². The van der Waals surface area contributed by atoms with Crippen molar-refractivity contribution < 1.29 is 13.9 Å². The van der Waals surface area contributed by atoms with Crippen molar-refractivity contribution in [2.45, 2.75) is 25.7 Å². The predicted molar refractivity (Wildman–Crippen MR) is 143 cm³/mol. The molecule has 1 amide bonds. The van der Waals surface area contributed by atoms with E-state index in [-0.39, 0.29) is 5.91 Å². The van der Waals surface area contributed by atoms with E-state index in [2.05, 4.69) is 5.32 Å². The van der Waals surface area contributed by atoms with Crippen molar-refractivity contribution in [3.05, 3.63) is 83.1 Å². The van der Waals surface area contributed by atoms with Crippen LogP contribution in [0.4, 0.5) is 5.69 Å². The normalized spacial score (nSPS) is 11.6. The number of furan rings is 1. The molecule has 0 saturated carbocycles. The highest BCUT2D eigenvalue weighted by molar-refractivity contribution is 7.98. The third-order valence-corrected chi connectivity index (χ3v) is 6.61. The van der Waals surface area contributed by atoms with Gasteiger partial charge in [-0.3, -0.25) is 4.79 Å². The highest BCUT2D eigenvalue weighted by Crippen LogP contribution is 2.41. The number of fused-ring (bicyclic) bond motifs is 1. The first kappa shape index (κ1) is 24.0. The lowest BCUT2D eigenvalue weighted by atomic mass is 9.96. The molecule has 1 aromatic heterocycles. The number of nitrogens with one attached hydrogen (secondary N) is 1. The number of hydrogen-bond donors (Lipinski definition) is 1. The molecule has 0 atom stereocenters. The molecule has 34 heavy (non-hydrogen) atoms. The molecule has 4 nitrogen and oxygen atoms in total.